The number of hydrogen-bond donors (Lipinski definition) is 2. The van der Waals surface area contributed by atoms with Crippen molar-refractivity contribution in [2.45, 2.75) is 64.8 Å². The highest BCUT2D eigenvalue weighted by Gasteiger charge is 2.39. The number of rotatable bonds is 11. The van der Waals surface area contributed by atoms with Gasteiger partial charge in [0.05, 0.1) is 6.54 Å². The molecule has 1 aliphatic heterocycles. The molecule has 10 nitrogen and oxygen atoms in total. The Labute approximate surface area is 245 Å². The fraction of sp³-hybridized carbons (Fsp3) is 0.433. The number of ether oxygens (including phenoxy) is 1. The number of carbonyl (C=O) groups is 3. The second-order valence-corrected chi connectivity index (χ2v) is 13.2. The Balaban J connectivity index is 1.47. The molecule has 1 fully saturated rings. The molecule has 2 atom stereocenters. The molecule has 1 aliphatic rings. The number of likely N-dealkylation sites (tertiary alicyclic amines) is 1. The maximum atomic E-state index is 14.4. The lowest BCUT2D eigenvalue weighted by atomic mass is 10.1. The van der Waals surface area contributed by atoms with E-state index in [0.717, 1.165) is 5.56 Å². The molecule has 0 aliphatic carbocycles. The van der Waals surface area contributed by atoms with Crippen LogP contribution in [0.2, 0.25) is 0 Å². The maximum absolute atomic E-state index is 14.4. The Kier molecular flexibility index (Phi) is 9.37. The fourth-order valence-corrected chi connectivity index (χ4v) is 6.34. The molecule has 12 heteroatoms. The number of nitrogens with one attached hydrogen (secondary N) is 2. The fourth-order valence-electron chi connectivity index (χ4n) is 5.06. The van der Waals surface area contributed by atoms with Gasteiger partial charge < -0.3 is 19.5 Å². The van der Waals surface area contributed by atoms with Crippen LogP contribution in [0.15, 0.2) is 54.7 Å². The third-order valence-electron chi connectivity index (χ3n) is 6.81. The molecule has 1 aromatic heterocycles. The van der Waals surface area contributed by atoms with E-state index in [1.54, 1.807) is 43.5 Å². The van der Waals surface area contributed by atoms with Gasteiger partial charge in [0.25, 0.3) is 0 Å². The first-order valence-corrected chi connectivity index (χ1v) is 15.4. The number of aromatic nitrogens is 1. The number of halogens is 1. The third kappa shape index (κ3) is 7.95. The summed E-state index contributed by atoms with van der Waals surface area (Å²) in [5.74, 6) is -1.49. The van der Waals surface area contributed by atoms with E-state index in [1.807, 2.05) is 30.3 Å². The zero-order chi connectivity index (χ0) is 30.7. The molecular weight excluding hydrogens is 563 g/mol. The number of nitrogens with zero attached hydrogens (tertiary/aromatic N) is 2. The summed E-state index contributed by atoms with van der Waals surface area (Å²) >= 11 is 0. The first-order chi connectivity index (χ1) is 19.7. The highest BCUT2D eigenvalue weighted by molar-refractivity contribution is 7.89. The number of benzene rings is 2. The number of ketones is 1. The molecule has 0 bridgehead atoms. The quantitative estimate of drug-likeness (QED) is 0.326. The van der Waals surface area contributed by atoms with Crippen LogP contribution in [0, 0.1) is 0 Å². The van der Waals surface area contributed by atoms with E-state index in [2.05, 4.69) is 10.0 Å². The Morgan fingerprint density at radius 1 is 1.10 bits per heavy atom. The van der Waals surface area contributed by atoms with E-state index in [0.29, 0.717) is 29.4 Å². The van der Waals surface area contributed by atoms with E-state index in [9.17, 15) is 27.2 Å². The first kappa shape index (κ1) is 31.2. The van der Waals surface area contributed by atoms with Gasteiger partial charge in [0.15, 0.2) is 5.78 Å². The standard InChI is InChI=1S/C30H37FN4O6S/c1-20(36)25-17-34(26-11-10-23(15-24(25)26)41-19-42(39,40)33-30(2,3)4)18-28(37)35-16-22(31)14-27(35)29(38)32-13-12-21-8-6-5-7-9-21/h5-11,15,17,22,27,33H,12-14,16,18-19H2,1-4H3,(H,32,38)/t22-,27+/m1/s1. The summed E-state index contributed by atoms with van der Waals surface area (Å²) in [4.78, 5) is 40.0. The number of sulfonamides is 1. The number of carbonyl (C=O) groups excluding carboxylic acids is 3. The average Bonchev–Trinajstić information content (AvgIpc) is 3.47. The van der Waals surface area contributed by atoms with Crippen LogP contribution in [-0.2, 0) is 32.6 Å². The van der Waals surface area contributed by atoms with Crippen molar-refractivity contribution in [3.05, 3.63) is 65.9 Å². The van der Waals surface area contributed by atoms with Crippen LogP contribution in [0.1, 0.15) is 50.0 Å². The zero-order valence-electron chi connectivity index (χ0n) is 24.2. The van der Waals surface area contributed by atoms with Crippen LogP contribution >= 0.6 is 0 Å². The van der Waals surface area contributed by atoms with Gasteiger partial charge in [0, 0.05) is 41.2 Å². The molecule has 42 heavy (non-hydrogen) atoms. The van der Waals surface area contributed by atoms with Gasteiger partial charge in [-0.05, 0) is 57.9 Å². The van der Waals surface area contributed by atoms with Crippen molar-refractivity contribution in [2.75, 3.05) is 19.0 Å². The van der Waals surface area contributed by atoms with E-state index in [-0.39, 0.29) is 31.0 Å². The van der Waals surface area contributed by atoms with Crippen molar-refractivity contribution >= 4 is 38.5 Å². The van der Waals surface area contributed by atoms with Gasteiger partial charge >= 0.3 is 0 Å². The normalized spacial score (nSPS) is 17.4. The van der Waals surface area contributed by atoms with Gasteiger partial charge in [-0.2, -0.15) is 0 Å². The molecule has 0 spiro atoms. The van der Waals surface area contributed by atoms with E-state index in [1.165, 1.54) is 18.0 Å². The molecule has 0 unspecified atom stereocenters. The van der Waals surface area contributed by atoms with Crippen molar-refractivity contribution in [2.24, 2.45) is 0 Å². The summed E-state index contributed by atoms with van der Waals surface area (Å²) in [6.45, 7) is 6.50. The lowest BCUT2D eigenvalue weighted by molar-refractivity contribution is -0.138. The number of alkyl halides is 1. The number of Topliss-reactive ketones (excluding diaryl/α,β-unsaturated/α-hetero) is 1. The number of fused-ring (bicyclic) bond motifs is 1. The minimum atomic E-state index is -3.73. The van der Waals surface area contributed by atoms with Crippen LogP contribution in [0.3, 0.4) is 0 Å². The largest absolute Gasteiger partial charge is 0.476 e. The minimum Gasteiger partial charge on any atom is -0.476 e. The van der Waals surface area contributed by atoms with Gasteiger partial charge in [0.1, 0.15) is 24.5 Å². The number of amides is 2. The monoisotopic (exact) mass is 600 g/mol. The first-order valence-electron chi connectivity index (χ1n) is 13.8. The molecule has 1 saturated heterocycles. The molecule has 2 amide bonds. The molecule has 3 aromatic rings. The number of hydrogen-bond acceptors (Lipinski definition) is 6. The Bertz CT molecular complexity index is 1570. The summed E-state index contributed by atoms with van der Waals surface area (Å²) in [6.07, 6.45) is 0.740. The Morgan fingerprint density at radius 2 is 1.81 bits per heavy atom. The van der Waals surface area contributed by atoms with Gasteiger partial charge in [-0.1, -0.05) is 30.3 Å². The van der Waals surface area contributed by atoms with Gasteiger partial charge in [-0.15, -0.1) is 0 Å². The second-order valence-electron chi connectivity index (χ2n) is 11.6. The molecule has 0 radical (unpaired) electrons. The van der Waals surface area contributed by atoms with Crippen molar-refractivity contribution in [3.8, 4) is 5.75 Å². The van der Waals surface area contributed by atoms with Crippen LogP contribution in [0.5, 0.6) is 5.75 Å². The van der Waals surface area contributed by atoms with Gasteiger partial charge in [-0.25, -0.2) is 17.5 Å². The predicted octanol–water partition coefficient (Wildman–Crippen LogP) is 3.20. The predicted molar refractivity (Wildman–Crippen MR) is 157 cm³/mol. The lowest BCUT2D eigenvalue weighted by Crippen LogP contribution is -2.47. The molecule has 0 saturated carbocycles. The van der Waals surface area contributed by atoms with Crippen LogP contribution in [-0.4, -0.2) is 72.3 Å². The average molecular weight is 601 g/mol. The molecular formula is C30H37FN4O6S. The third-order valence-corrected chi connectivity index (χ3v) is 8.16. The Morgan fingerprint density at radius 3 is 2.48 bits per heavy atom. The summed E-state index contributed by atoms with van der Waals surface area (Å²) in [5.41, 5.74) is 1.24. The highest BCUT2D eigenvalue weighted by Crippen LogP contribution is 2.28. The highest BCUT2D eigenvalue weighted by atomic mass is 32.2. The molecule has 2 heterocycles. The molecule has 226 valence electrons. The maximum Gasteiger partial charge on any atom is 0.247 e. The zero-order valence-corrected chi connectivity index (χ0v) is 25.0. The molecule has 2 aromatic carbocycles. The van der Waals surface area contributed by atoms with Crippen molar-refractivity contribution in [1.82, 2.24) is 19.5 Å². The van der Waals surface area contributed by atoms with Gasteiger partial charge in [0.2, 0.25) is 27.8 Å². The van der Waals surface area contributed by atoms with Crippen molar-refractivity contribution in [3.63, 3.8) is 0 Å². The van der Waals surface area contributed by atoms with Crippen molar-refractivity contribution < 1.29 is 31.9 Å². The van der Waals surface area contributed by atoms with Crippen LogP contribution in [0.25, 0.3) is 10.9 Å². The summed E-state index contributed by atoms with van der Waals surface area (Å²) in [5, 5.41) is 3.30. The summed E-state index contributed by atoms with van der Waals surface area (Å²) in [6, 6.07) is 13.4. The van der Waals surface area contributed by atoms with E-state index in [4.69, 9.17) is 4.74 Å². The summed E-state index contributed by atoms with van der Waals surface area (Å²) in [7, 11) is -3.73. The van der Waals surface area contributed by atoms with Crippen LogP contribution < -0.4 is 14.8 Å². The SMILES string of the molecule is CC(=O)c1cn(CC(=O)N2C[C@H](F)C[C@H]2C(=O)NCCc2ccccc2)c2ccc(OCS(=O)(=O)NC(C)(C)C)cc12. The van der Waals surface area contributed by atoms with Gasteiger partial charge in [-0.3, -0.25) is 14.4 Å². The van der Waals surface area contributed by atoms with Crippen LogP contribution in [0.4, 0.5) is 4.39 Å². The topological polar surface area (TPSA) is 127 Å². The minimum absolute atomic E-state index is 0.0816. The van der Waals surface area contributed by atoms with Crippen molar-refractivity contribution in [1.29, 1.82) is 0 Å². The van der Waals surface area contributed by atoms with E-state index >= 15 is 0 Å². The smallest absolute Gasteiger partial charge is 0.247 e. The molecule has 2 N–H and O–H groups in total. The summed E-state index contributed by atoms with van der Waals surface area (Å²) < 4.78 is 48.7. The lowest BCUT2D eigenvalue weighted by Gasteiger charge is -2.24. The Hall–Kier alpha value is -3.77. The van der Waals surface area contributed by atoms with E-state index < -0.39 is 45.5 Å². The molecule has 4 rings (SSSR count). The second kappa shape index (κ2) is 12.6.